The normalized spacial score (nSPS) is 10.9. The predicted octanol–water partition coefficient (Wildman–Crippen LogP) is 2.54. The van der Waals surface area contributed by atoms with Crippen molar-refractivity contribution in [2.45, 2.75) is 18.7 Å². The highest BCUT2D eigenvalue weighted by atomic mass is 32.2. The predicted molar refractivity (Wildman–Crippen MR) is 71.8 cm³/mol. The van der Waals surface area contributed by atoms with E-state index in [0.29, 0.717) is 18.1 Å². The quantitative estimate of drug-likeness (QED) is 0.780. The molecular formula is C11H19O5PS. The van der Waals surface area contributed by atoms with Crippen molar-refractivity contribution in [3.63, 3.8) is 0 Å². The van der Waals surface area contributed by atoms with Crippen molar-refractivity contribution in [2.75, 3.05) is 19.5 Å². The van der Waals surface area contributed by atoms with Crippen LogP contribution in [0.5, 0.6) is 0 Å². The summed E-state index contributed by atoms with van der Waals surface area (Å²) in [5, 5.41) is 0. The molecule has 0 unspecified atom stereocenters. The number of rotatable bonds is 5. The van der Waals surface area contributed by atoms with Crippen LogP contribution < -0.4 is 0 Å². The Labute approximate surface area is 109 Å². The maximum atomic E-state index is 10.8. The summed E-state index contributed by atoms with van der Waals surface area (Å²) >= 11 is 0. The molecule has 0 bridgehead atoms. The Morgan fingerprint density at radius 3 is 1.78 bits per heavy atom. The van der Waals surface area contributed by atoms with Crippen LogP contribution in [-0.4, -0.2) is 27.9 Å². The number of hydrogen-bond donors (Lipinski definition) is 0. The lowest BCUT2D eigenvalue weighted by molar-refractivity contribution is 0.243. The average molecular weight is 294 g/mol. The second-order valence-electron chi connectivity index (χ2n) is 3.20. The second-order valence-corrected chi connectivity index (χ2v) is 6.29. The van der Waals surface area contributed by atoms with Gasteiger partial charge < -0.3 is 9.05 Å². The second kappa shape index (κ2) is 9.28. The van der Waals surface area contributed by atoms with Crippen LogP contribution in [0, 0.1) is 0 Å². The minimum atomic E-state index is -3.00. The Kier molecular flexibility index (Phi) is 8.93. The number of sulfone groups is 1. The summed E-state index contributed by atoms with van der Waals surface area (Å²) in [5.41, 5.74) is 0. The maximum Gasteiger partial charge on any atom is 0.319 e. The molecule has 0 saturated heterocycles. The smallest absolute Gasteiger partial charge is 0.311 e. The van der Waals surface area contributed by atoms with E-state index in [4.69, 9.17) is 0 Å². The maximum absolute atomic E-state index is 10.8. The fourth-order valence-corrected chi connectivity index (χ4v) is 2.15. The fraction of sp³-hybridized carbons (Fsp3) is 0.455. The first kappa shape index (κ1) is 17.3. The van der Waals surface area contributed by atoms with E-state index >= 15 is 0 Å². The van der Waals surface area contributed by atoms with E-state index in [-0.39, 0.29) is 0 Å². The molecule has 0 aliphatic rings. The van der Waals surface area contributed by atoms with E-state index in [1.165, 1.54) is 6.26 Å². The minimum Gasteiger partial charge on any atom is -0.311 e. The highest BCUT2D eigenvalue weighted by Crippen LogP contribution is 2.21. The average Bonchev–Trinajstić information content (AvgIpc) is 2.31. The van der Waals surface area contributed by atoms with Gasteiger partial charge in [0.25, 0.3) is 0 Å². The van der Waals surface area contributed by atoms with Gasteiger partial charge in [0.15, 0.2) is 9.84 Å². The van der Waals surface area contributed by atoms with Gasteiger partial charge >= 0.3 is 8.25 Å². The van der Waals surface area contributed by atoms with Gasteiger partial charge in [0.2, 0.25) is 0 Å². The molecule has 104 valence electrons. The summed E-state index contributed by atoms with van der Waals surface area (Å²) in [4.78, 5) is 0.370. The molecule has 0 fully saturated rings. The van der Waals surface area contributed by atoms with E-state index in [2.05, 4.69) is 9.05 Å². The van der Waals surface area contributed by atoms with E-state index in [1.54, 1.807) is 44.2 Å². The monoisotopic (exact) mass is 294 g/mol. The Morgan fingerprint density at radius 2 is 1.50 bits per heavy atom. The van der Waals surface area contributed by atoms with Crippen LogP contribution in [0.2, 0.25) is 0 Å². The van der Waals surface area contributed by atoms with Crippen LogP contribution >= 0.6 is 8.25 Å². The van der Waals surface area contributed by atoms with E-state index in [9.17, 15) is 13.0 Å². The fourth-order valence-electron chi connectivity index (χ4n) is 0.945. The van der Waals surface area contributed by atoms with E-state index < -0.39 is 18.1 Å². The van der Waals surface area contributed by atoms with E-state index in [1.807, 2.05) is 0 Å². The molecule has 0 aliphatic carbocycles. The van der Waals surface area contributed by atoms with Crippen LogP contribution in [-0.2, 0) is 23.4 Å². The van der Waals surface area contributed by atoms with Crippen LogP contribution in [0.25, 0.3) is 0 Å². The Hall–Kier alpha value is -0.680. The molecule has 0 heterocycles. The van der Waals surface area contributed by atoms with Gasteiger partial charge in [-0.05, 0) is 26.0 Å². The van der Waals surface area contributed by atoms with Gasteiger partial charge in [0.05, 0.1) is 18.1 Å². The minimum absolute atomic E-state index is 0.370. The largest absolute Gasteiger partial charge is 0.319 e. The van der Waals surface area contributed by atoms with Gasteiger partial charge in [0, 0.05) is 6.26 Å². The van der Waals surface area contributed by atoms with Gasteiger partial charge in [-0.25, -0.2) is 8.42 Å². The van der Waals surface area contributed by atoms with Gasteiger partial charge in [0.1, 0.15) is 0 Å². The van der Waals surface area contributed by atoms with Gasteiger partial charge in [-0.3, -0.25) is 4.57 Å². The highest BCUT2D eigenvalue weighted by molar-refractivity contribution is 7.90. The third-order valence-electron chi connectivity index (χ3n) is 1.70. The molecule has 0 aromatic heterocycles. The molecule has 1 rings (SSSR count). The van der Waals surface area contributed by atoms with Gasteiger partial charge in [-0.1, -0.05) is 18.2 Å². The molecule has 7 heteroatoms. The van der Waals surface area contributed by atoms with Crippen molar-refractivity contribution in [1.82, 2.24) is 0 Å². The third kappa shape index (κ3) is 8.42. The molecule has 0 N–H and O–H groups in total. The highest BCUT2D eigenvalue weighted by Gasteiger charge is 2.02. The van der Waals surface area contributed by atoms with Gasteiger partial charge in [-0.2, -0.15) is 0 Å². The molecule has 0 spiro atoms. The molecule has 0 amide bonds. The van der Waals surface area contributed by atoms with E-state index in [0.717, 1.165) is 0 Å². The lowest BCUT2D eigenvalue weighted by Crippen LogP contribution is -1.95. The van der Waals surface area contributed by atoms with Crippen molar-refractivity contribution in [3.8, 4) is 0 Å². The zero-order valence-electron chi connectivity index (χ0n) is 10.8. The van der Waals surface area contributed by atoms with Crippen molar-refractivity contribution in [1.29, 1.82) is 0 Å². The zero-order chi connectivity index (χ0) is 14.0. The molecule has 0 aliphatic heterocycles. The first-order chi connectivity index (χ1) is 8.41. The van der Waals surface area contributed by atoms with Gasteiger partial charge in [-0.15, -0.1) is 0 Å². The molecule has 1 aromatic rings. The Bertz CT molecular complexity index is 436. The van der Waals surface area contributed by atoms with Crippen LogP contribution in [0.3, 0.4) is 0 Å². The van der Waals surface area contributed by atoms with Crippen molar-refractivity contribution in [3.05, 3.63) is 30.3 Å². The van der Waals surface area contributed by atoms with Crippen molar-refractivity contribution >= 4 is 18.1 Å². The summed E-state index contributed by atoms with van der Waals surface area (Å²) in [6, 6.07) is 8.35. The SMILES string of the molecule is CCO[PH](=O)OCC.CS(=O)(=O)c1ccccc1. The summed E-state index contributed by atoms with van der Waals surface area (Å²) in [6.07, 6.45) is 1.20. The third-order valence-corrected chi connectivity index (χ3v) is 3.87. The van der Waals surface area contributed by atoms with Crippen molar-refractivity contribution in [2.24, 2.45) is 0 Å². The van der Waals surface area contributed by atoms with Crippen LogP contribution in [0.4, 0.5) is 0 Å². The standard InChI is InChI=1S/C7H8O2S.C4H11O3P/c1-10(8,9)7-5-3-2-4-6-7;1-3-6-8(5)7-4-2/h2-6H,1H3;8H,3-4H2,1-2H3. The molecule has 1 aromatic carbocycles. The molecule has 5 nitrogen and oxygen atoms in total. The van der Waals surface area contributed by atoms with Crippen molar-refractivity contribution < 1.29 is 22.0 Å². The molecule has 0 atom stereocenters. The molecular weight excluding hydrogens is 275 g/mol. The summed E-state index contributed by atoms with van der Waals surface area (Å²) in [7, 11) is -5.14. The first-order valence-corrected chi connectivity index (χ1v) is 8.58. The van der Waals surface area contributed by atoms with Crippen LogP contribution in [0.15, 0.2) is 35.2 Å². The molecule has 0 saturated carbocycles. The summed E-state index contributed by atoms with van der Waals surface area (Å²) in [5.74, 6) is 0. The number of hydrogen-bond acceptors (Lipinski definition) is 5. The molecule has 0 radical (unpaired) electrons. The summed E-state index contributed by atoms with van der Waals surface area (Å²) < 4.78 is 41.3. The molecule has 18 heavy (non-hydrogen) atoms. The summed E-state index contributed by atoms with van der Waals surface area (Å²) in [6.45, 7) is 4.47. The van der Waals surface area contributed by atoms with Crippen LogP contribution in [0.1, 0.15) is 13.8 Å². The lowest BCUT2D eigenvalue weighted by Gasteiger charge is -1.97. The Morgan fingerprint density at radius 1 is 1.06 bits per heavy atom. The first-order valence-electron chi connectivity index (χ1n) is 5.46. The lowest BCUT2D eigenvalue weighted by atomic mass is 10.4. The topological polar surface area (TPSA) is 69.7 Å². The zero-order valence-corrected chi connectivity index (χ0v) is 12.6. The Balaban J connectivity index is 0.000000331. The number of benzene rings is 1.